The zero-order valence-corrected chi connectivity index (χ0v) is 8.51. The first-order chi connectivity index (χ1) is 7.23. The maximum absolute atomic E-state index is 12.3. The SMILES string of the molecule is N[C@H](C(=O)O)c1cc(C(F)(F)F)ccc1Cl. The molecule has 16 heavy (non-hydrogen) atoms. The van der Waals surface area contributed by atoms with Crippen molar-refractivity contribution in [2.45, 2.75) is 12.2 Å². The highest BCUT2D eigenvalue weighted by Gasteiger charge is 2.32. The summed E-state index contributed by atoms with van der Waals surface area (Å²) in [5.41, 5.74) is 3.96. The van der Waals surface area contributed by atoms with E-state index < -0.39 is 23.8 Å². The van der Waals surface area contributed by atoms with Crippen LogP contribution in [0.25, 0.3) is 0 Å². The van der Waals surface area contributed by atoms with Gasteiger partial charge < -0.3 is 10.8 Å². The molecule has 0 amide bonds. The van der Waals surface area contributed by atoms with Gasteiger partial charge in [-0.1, -0.05) is 11.6 Å². The number of hydrogen-bond donors (Lipinski definition) is 2. The van der Waals surface area contributed by atoms with Crippen LogP contribution in [0.2, 0.25) is 5.02 Å². The summed E-state index contributed by atoms with van der Waals surface area (Å²) in [6.07, 6.45) is -4.56. The van der Waals surface area contributed by atoms with Gasteiger partial charge in [-0.2, -0.15) is 13.2 Å². The van der Waals surface area contributed by atoms with E-state index in [-0.39, 0.29) is 10.6 Å². The Labute approximate surface area is 93.6 Å². The smallest absolute Gasteiger partial charge is 0.416 e. The molecular formula is C9H7ClF3NO2. The van der Waals surface area contributed by atoms with Gasteiger partial charge in [-0.05, 0) is 23.8 Å². The van der Waals surface area contributed by atoms with Gasteiger partial charge >= 0.3 is 12.1 Å². The fraction of sp³-hybridized carbons (Fsp3) is 0.222. The van der Waals surface area contributed by atoms with Crippen molar-refractivity contribution in [1.82, 2.24) is 0 Å². The molecule has 0 fully saturated rings. The van der Waals surface area contributed by atoms with Crippen molar-refractivity contribution in [1.29, 1.82) is 0 Å². The summed E-state index contributed by atoms with van der Waals surface area (Å²) < 4.78 is 37.0. The normalized spacial score (nSPS) is 13.6. The van der Waals surface area contributed by atoms with Crippen molar-refractivity contribution in [3.8, 4) is 0 Å². The lowest BCUT2D eigenvalue weighted by Crippen LogP contribution is -2.21. The largest absolute Gasteiger partial charge is 0.480 e. The molecule has 1 aromatic carbocycles. The van der Waals surface area contributed by atoms with Crippen molar-refractivity contribution in [3.63, 3.8) is 0 Å². The first-order valence-electron chi connectivity index (χ1n) is 4.08. The number of nitrogens with two attached hydrogens (primary N) is 1. The molecular weight excluding hydrogens is 247 g/mol. The molecule has 7 heteroatoms. The summed E-state index contributed by atoms with van der Waals surface area (Å²) in [7, 11) is 0. The first kappa shape index (κ1) is 12.8. The second-order valence-corrected chi connectivity index (χ2v) is 3.46. The average molecular weight is 254 g/mol. The van der Waals surface area contributed by atoms with E-state index in [2.05, 4.69) is 0 Å². The molecule has 0 bridgehead atoms. The number of hydrogen-bond acceptors (Lipinski definition) is 2. The summed E-state index contributed by atoms with van der Waals surface area (Å²) in [6, 6.07) is 0.805. The zero-order valence-electron chi connectivity index (χ0n) is 7.75. The number of aliphatic carboxylic acids is 1. The third kappa shape index (κ3) is 2.65. The molecule has 0 aromatic heterocycles. The molecule has 0 saturated carbocycles. The predicted molar refractivity (Wildman–Crippen MR) is 51.0 cm³/mol. The number of carboxylic acids is 1. The number of carbonyl (C=O) groups is 1. The van der Waals surface area contributed by atoms with Crippen LogP contribution in [0, 0.1) is 0 Å². The van der Waals surface area contributed by atoms with Crippen LogP contribution in [0.5, 0.6) is 0 Å². The van der Waals surface area contributed by atoms with Gasteiger partial charge in [0.05, 0.1) is 5.56 Å². The lowest BCUT2D eigenvalue weighted by atomic mass is 10.0. The molecule has 88 valence electrons. The number of alkyl halides is 3. The molecule has 1 aromatic rings. The summed E-state index contributed by atoms with van der Waals surface area (Å²) in [5, 5.41) is 8.48. The number of carboxylic acid groups (broad SMARTS) is 1. The molecule has 0 unspecified atom stereocenters. The second-order valence-electron chi connectivity index (χ2n) is 3.05. The van der Waals surface area contributed by atoms with Crippen LogP contribution in [0.3, 0.4) is 0 Å². The van der Waals surface area contributed by atoms with E-state index in [0.717, 1.165) is 12.1 Å². The highest BCUT2D eigenvalue weighted by molar-refractivity contribution is 6.31. The Morgan fingerprint density at radius 3 is 2.44 bits per heavy atom. The fourth-order valence-corrected chi connectivity index (χ4v) is 1.33. The van der Waals surface area contributed by atoms with Crippen LogP contribution in [0.4, 0.5) is 13.2 Å². The van der Waals surface area contributed by atoms with E-state index in [1.165, 1.54) is 0 Å². The Balaban J connectivity index is 3.24. The van der Waals surface area contributed by atoms with E-state index in [1.807, 2.05) is 0 Å². The summed E-state index contributed by atoms with van der Waals surface area (Å²) >= 11 is 5.57. The van der Waals surface area contributed by atoms with E-state index in [4.69, 9.17) is 22.4 Å². The Kier molecular flexibility index (Phi) is 3.44. The molecule has 1 rings (SSSR count). The lowest BCUT2D eigenvalue weighted by molar-refractivity contribution is -0.140. The molecule has 0 spiro atoms. The van der Waals surface area contributed by atoms with Crippen molar-refractivity contribution in [2.75, 3.05) is 0 Å². The van der Waals surface area contributed by atoms with Gasteiger partial charge in [0, 0.05) is 5.02 Å². The topological polar surface area (TPSA) is 63.3 Å². The van der Waals surface area contributed by atoms with Gasteiger partial charge in [-0.25, -0.2) is 0 Å². The standard InChI is InChI=1S/C9H7ClF3NO2/c10-6-2-1-4(9(11,12)13)3-5(6)7(14)8(15)16/h1-3,7H,14H2,(H,15,16)/t7-/m0/s1. The first-order valence-corrected chi connectivity index (χ1v) is 4.46. The van der Waals surface area contributed by atoms with Gasteiger partial charge in [0.15, 0.2) is 0 Å². The van der Waals surface area contributed by atoms with Crippen LogP contribution in [0.15, 0.2) is 18.2 Å². The summed E-state index contributed by atoms with van der Waals surface area (Å²) in [6.45, 7) is 0. The third-order valence-electron chi connectivity index (χ3n) is 1.92. The van der Waals surface area contributed by atoms with Gasteiger partial charge in [0.2, 0.25) is 0 Å². The highest BCUT2D eigenvalue weighted by Crippen LogP contribution is 2.33. The summed E-state index contributed by atoms with van der Waals surface area (Å²) in [5.74, 6) is -1.44. The highest BCUT2D eigenvalue weighted by atomic mass is 35.5. The fourth-order valence-electron chi connectivity index (χ4n) is 1.09. The third-order valence-corrected chi connectivity index (χ3v) is 2.27. The quantitative estimate of drug-likeness (QED) is 0.851. The minimum Gasteiger partial charge on any atom is -0.480 e. The molecule has 3 nitrogen and oxygen atoms in total. The van der Waals surface area contributed by atoms with E-state index in [9.17, 15) is 18.0 Å². The van der Waals surface area contributed by atoms with Gasteiger partial charge in [0.25, 0.3) is 0 Å². The maximum Gasteiger partial charge on any atom is 0.416 e. The lowest BCUT2D eigenvalue weighted by Gasteiger charge is -2.12. The van der Waals surface area contributed by atoms with Crippen LogP contribution in [-0.4, -0.2) is 11.1 Å². The number of benzene rings is 1. The van der Waals surface area contributed by atoms with Crippen LogP contribution in [-0.2, 0) is 11.0 Å². The number of halogens is 4. The van der Waals surface area contributed by atoms with Gasteiger partial charge in [-0.15, -0.1) is 0 Å². The van der Waals surface area contributed by atoms with E-state index in [0.29, 0.717) is 6.07 Å². The van der Waals surface area contributed by atoms with Crippen LogP contribution in [0.1, 0.15) is 17.2 Å². The Morgan fingerprint density at radius 2 is 2.00 bits per heavy atom. The Bertz CT molecular complexity index is 420. The second kappa shape index (κ2) is 4.31. The molecule has 0 saturated heterocycles. The van der Waals surface area contributed by atoms with Crippen molar-refractivity contribution in [2.24, 2.45) is 5.73 Å². The minimum absolute atomic E-state index is 0.108. The Morgan fingerprint density at radius 1 is 1.44 bits per heavy atom. The molecule has 0 aliphatic heterocycles. The summed E-state index contributed by atoms with van der Waals surface area (Å²) in [4.78, 5) is 10.5. The molecule has 1 atom stereocenters. The number of rotatable bonds is 2. The average Bonchev–Trinajstić information content (AvgIpc) is 2.15. The van der Waals surface area contributed by atoms with Crippen LogP contribution < -0.4 is 5.73 Å². The van der Waals surface area contributed by atoms with Gasteiger partial charge in [0.1, 0.15) is 6.04 Å². The predicted octanol–water partition coefficient (Wildman–Crippen LogP) is 2.44. The van der Waals surface area contributed by atoms with Crippen molar-refractivity contribution < 1.29 is 23.1 Å². The van der Waals surface area contributed by atoms with Crippen molar-refractivity contribution >= 4 is 17.6 Å². The molecule has 0 aliphatic rings. The van der Waals surface area contributed by atoms with Gasteiger partial charge in [-0.3, -0.25) is 4.79 Å². The molecule has 0 radical (unpaired) electrons. The Hall–Kier alpha value is -1.27. The minimum atomic E-state index is -4.56. The van der Waals surface area contributed by atoms with E-state index in [1.54, 1.807) is 0 Å². The maximum atomic E-state index is 12.3. The van der Waals surface area contributed by atoms with E-state index >= 15 is 0 Å². The molecule has 0 aliphatic carbocycles. The van der Waals surface area contributed by atoms with Crippen LogP contribution >= 0.6 is 11.6 Å². The molecule has 3 N–H and O–H groups in total. The van der Waals surface area contributed by atoms with Crippen molar-refractivity contribution in [3.05, 3.63) is 34.3 Å². The molecule has 0 heterocycles. The zero-order chi connectivity index (χ0) is 12.5. The monoisotopic (exact) mass is 253 g/mol.